The first-order valence-electron chi connectivity index (χ1n) is 8.20. The van der Waals surface area contributed by atoms with Crippen molar-refractivity contribution in [2.45, 2.75) is 38.8 Å². The van der Waals surface area contributed by atoms with Crippen LogP contribution in [0.2, 0.25) is 0 Å². The Morgan fingerprint density at radius 3 is 2.81 bits per heavy atom. The van der Waals surface area contributed by atoms with Gasteiger partial charge in [-0.15, -0.1) is 0 Å². The van der Waals surface area contributed by atoms with Crippen LogP contribution in [-0.4, -0.2) is 49.7 Å². The Balaban J connectivity index is 1.58. The summed E-state index contributed by atoms with van der Waals surface area (Å²) in [6.45, 7) is 6.69. The van der Waals surface area contributed by atoms with Crippen LogP contribution < -0.4 is 10.2 Å². The average molecular weight is 288 g/mol. The van der Waals surface area contributed by atoms with E-state index >= 15 is 0 Å². The van der Waals surface area contributed by atoms with Gasteiger partial charge in [-0.05, 0) is 62.9 Å². The highest BCUT2D eigenvalue weighted by molar-refractivity contribution is 5.46. The minimum absolute atomic E-state index is 0.756. The predicted octanol–water partition coefficient (Wildman–Crippen LogP) is 2.03. The molecule has 2 aliphatic rings. The van der Waals surface area contributed by atoms with Crippen molar-refractivity contribution in [3.63, 3.8) is 0 Å². The molecule has 21 heavy (non-hydrogen) atoms. The first kappa shape index (κ1) is 14.8. The number of pyridine rings is 1. The highest BCUT2D eigenvalue weighted by Gasteiger charge is 2.22. The lowest BCUT2D eigenvalue weighted by Gasteiger charge is -2.24. The Labute approximate surface area is 128 Å². The van der Waals surface area contributed by atoms with Crippen molar-refractivity contribution < 1.29 is 0 Å². The number of hydrogen-bond donors (Lipinski definition) is 1. The molecule has 0 aromatic carbocycles. The van der Waals surface area contributed by atoms with Gasteiger partial charge in [0.2, 0.25) is 0 Å². The Hall–Kier alpha value is -1.13. The van der Waals surface area contributed by atoms with Crippen LogP contribution in [0.4, 0.5) is 5.82 Å². The van der Waals surface area contributed by atoms with Gasteiger partial charge in [-0.3, -0.25) is 0 Å². The van der Waals surface area contributed by atoms with E-state index in [1.807, 2.05) is 6.20 Å². The van der Waals surface area contributed by atoms with Gasteiger partial charge < -0.3 is 15.1 Å². The Morgan fingerprint density at radius 2 is 2.19 bits per heavy atom. The fraction of sp³-hybridized carbons (Fsp3) is 0.706. The maximum atomic E-state index is 4.71. The third-order valence-corrected chi connectivity index (χ3v) is 4.66. The second-order valence-electron chi connectivity index (χ2n) is 6.94. The summed E-state index contributed by atoms with van der Waals surface area (Å²) in [4.78, 5) is 9.46. The summed E-state index contributed by atoms with van der Waals surface area (Å²) >= 11 is 0. The first-order valence-corrected chi connectivity index (χ1v) is 8.20. The molecule has 1 unspecified atom stereocenters. The number of anilines is 1. The molecule has 1 atom stereocenters. The molecule has 3 rings (SSSR count). The van der Waals surface area contributed by atoms with Gasteiger partial charge in [0.1, 0.15) is 5.82 Å². The van der Waals surface area contributed by atoms with Crippen LogP contribution >= 0.6 is 0 Å². The zero-order chi connectivity index (χ0) is 14.8. The maximum absolute atomic E-state index is 4.71. The molecule has 0 radical (unpaired) electrons. The number of aryl methyl sites for hydroxylation is 1. The van der Waals surface area contributed by atoms with E-state index in [0.29, 0.717) is 0 Å². The fourth-order valence-corrected chi connectivity index (χ4v) is 3.32. The van der Waals surface area contributed by atoms with Crippen molar-refractivity contribution in [2.24, 2.45) is 5.92 Å². The fourth-order valence-electron chi connectivity index (χ4n) is 3.32. The lowest BCUT2D eigenvalue weighted by Crippen LogP contribution is -2.28. The van der Waals surface area contributed by atoms with E-state index in [1.54, 1.807) is 0 Å². The van der Waals surface area contributed by atoms with Crippen LogP contribution in [0.5, 0.6) is 0 Å². The van der Waals surface area contributed by atoms with Gasteiger partial charge in [0.15, 0.2) is 0 Å². The molecule has 4 nitrogen and oxygen atoms in total. The topological polar surface area (TPSA) is 31.4 Å². The molecule has 0 spiro atoms. The second kappa shape index (κ2) is 6.32. The van der Waals surface area contributed by atoms with E-state index in [0.717, 1.165) is 30.9 Å². The van der Waals surface area contributed by atoms with Crippen molar-refractivity contribution in [1.29, 1.82) is 0 Å². The second-order valence-corrected chi connectivity index (χ2v) is 6.94. The van der Waals surface area contributed by atoms with Crippen LogP contribution in [0.25, 0.3) is 0 Å². The molecule has 1 N–H and O–H groups in total. The van der Waals surface area contributed by atoms with Gasteiger partial charge >= 0.3 is 0 Å². The molecule has 1 saturated heterocycles. The molecular weight excluding hydrogens is 260 g/mol. The summed E-state index contributed by atoms with van der Waals surface area (Å²) in [6.07, 6.45) is 6.02. The quantitative estimate of drug-likeness (QED) is 0.868. The highest BCUT2D eigenvalue weighted by atomic mass is 15.2. The molecule has 1 aromatic rings. The van der Waals surface area contributed by atoms with Crippen LogP contribution in [0.15, 0.2) is 12.3 Å². The smallest absolute Gasteiger partial charge is 0.131 e. The molecule has 1 saturated carbocycles. The van der Waals surface area contributed by atoms with E-state index in [4.69, 9.17) is 4.98 Å². The van der Waals surface area contributed by atoms with Gasteiger partial charge in [0.25, 0.3) is 0 Å². The minimum atomic E-state index is 0.756. The van der Waals surface area contributed by atoms with E-state index in [2.05, 4.69) is 42.2 Å². The van der Waals surface area contributed by atoms with E-state index in [-0.39, 0.29) is 0 Å². The lowest BCUT2D eigenvalue weighted by molar-refractivity contribution is 0.395. The van der Waals surface area contributed by atoms with Crippen LogP contribution in [-0.2, 0) is 6.54 Å². The third-order valence-electron chi connectivity index (χ3n) is 4.66. The molecule has 2 fully saturated rings. The largest absolute Gasteiger partial charge is 0.359 e. The molecule has 2 heterocycles. The monoisotopic (exact) mass is 288 g/mol. The summed E-state index contributed by atoms with van der Waals surface area (Å²) in [5, 5.41) is 3.55. The average Bonchev–Trinajstić information content (AvgIpc) is 3.19. The number of hydrogen-bond acceptors (Lipinski definition) is 4. The van der Waals surface area contributed by atoms with Gasteiger partial charge in [0, 0.05) is 38.9 Å². The summed E-state index contributed by atoms with van der Waals surface area (Å²) < 4.78 is 0. The Morgan fingerprint density at radius 1 is 1.38 bits per heavy atom. The predicted molar refractivity (Wildman–Crippen MR) is 87.7 cm³/mol. The van der Waals surface area contributed by atoms with Crippen LogP contribution in [0.1, 0.15) is 30.4 Å². The molecule has 0 amide bonds. The van der Waals surface area contributed by atoms with Gasteiger partial charge in [0.05, 0.1) is 0 Å². The number of likely N-dealkylation sites (tertiary alicyclic amines) is 1. The SMILES string of the molecule is Cc1cc(CNC2CC2)cnc1N(C)CC1CCN(C)C1. The number of rotatable bonds is 6. The van der Waals surface area contributed by atoms with Crippen molar-refractivity contribution in [1.82, 2.24) is 15.2 Å². The normalized spacial score (nSPS) is 22.7. The van der Waals surface area contributed by atoms with Crippen molar-refractivity contribution in [3.8, 4) is 0 Å². The molecule has 116 valence electrons. The summed E-state index contributed by atoms with van der Waals surface area (Å²) in [5.74, 6) is 1.91. The third kappa shape index (κ3) is 3.95. The molecule has 1 aliphatic heterocycles. The minimum Gasteiger partial charge on any atom is -0.359 e. The van der Waals surface area contributed by atoms with Crippen LogP contribution in [0, 0.1) is 12.8 Å². The van der Waals surface area contributed by atoms with Crippen molar-refractivity contribution in [2.75, 3.05) is 38.6 Å². The summed E-state index contributed by atoms with van der Waals surface area (Å²) in [5.41, 5.74) is 2.59. The molecule has 0 bridgehead atoms. The van der Waals surface area contributed by atoms with Gasteiger partial charge in [-0.2, -0.15) is 0 Å². The van der Waals surface area contributed by atoms with Gasteiger partial charge in [-0.1, -0.05) is 0 Å². The van der Waals surface area contributed by atoms with Gasteiger partial charge in [-0.25, -0.2) is 4.98 Å². The molecule has 4 heteroatoms. The molecular formula is C17H28N4. The summed E-state index contributed by atoms with van der Waals surface area (Å²) in [6, 6.07) is 3.04. The maximum Gasteiger partial charge on any atom is 0.131 e. The summed E-state index contributed by atoms with van der Waals surface area (Å²) in [7, 11) is 4.39. The number of nitrogens with one attached hydrogen (secondary N) is 1. The number of aromatic nitrogens is 1. The standard InChI is InChI=1S/C17H28N4/c1-13-8-15(9-18-16-4-5-16)10-19-17(13)21(3)12-14-6-7-20(2)11-14/h8,10,14,16,18H,4-7,9,11-12H2,1-3H3. The highest BCUT2D eigenvalue weighted by Crippen LogP contribution is 2.22. The van der Waals surface area contributed by atoms with Crippen molar-refractivity contribution in [3.05, 3.63) is 23.4 Å². The van der Waals surface area contributed by atoms with E-state index < -0.39 is 0 Å². The zero-order valence-corrected chi connectivity index (χ0v) is 13.6. The Bertz CT molecular complexity index is 484. The molecule has 1 aromatic heterocycles. The Kier molecular flexibility index (Phi) is 4.45. The first-order chi connectivity index (χ1) is 10.1. The lowest BCUT2D eigenvalue weighted by atomic mass is 10.1. The molecule has 1 aliphatic carbocycles. The number of nitrogens with zero attached hydrogens (tertiary/aromatic N) is 3. The van der Waals surface area contributed by atoms with Crippen LogP contribution in [0.3, 0.4) is 0 Å². The van der Waals surface area contributed by atoms with E-state index in [1.165, 1.54) is 43.5 Å². The zero-order valence-electron chi connectivity index (χ0n) is 13.6. The van der Waals surface area contributed by atoms with E-state index in [9.17, 15) is 0 Å². The van der Waals surface area contributed by atoms with Crippen molar-refractivity contribution >= 4 is 5.82 Å².